The number of carbonyl (C=O) groups excluding carboxylic acids is 1. The maximum atomic E-state index is 10.8. The minimum absolute atomic E-state index is 0.103. The molecule has 0 radical (unpaired) electrons. The zero-order valence-electron chi connectivity index (χ0n) is 8.35. The zero-order chi connectivity index (χ0) is 10.4. The molecule has 14 heavy (non-hydrogen) atoms. The first-order chi connectivity index (χ1) is 6.76. The van der Waals surface area contributed by atoms with Crippen molar-refractivity contribution in [3.63, 3.8) is 0 Å². The summed E-state index contributed by atoms with van der Waals surface area (Å²) in [6, 6.07) is 0. The van der Waals surface area contributed by atoms with Gasteiger partial charge in [0.15, 0.2) is 0 Å². The number of esters is 1. The lowest BCUT2D eigenvalue weighted by molar-refractivity contribution is -0.137. The third kappa shape index (κ3) is 3.26. The van der Waals surface area contributed by atoms with Crippen molar-refractivity contribution in [2.75, 3.05) is 13.2 Å². The summed E-state index contributed by atoms with van der Waals surface area (Å²) in [6.45, 7) is 3.12. The molecule has 1 aliphatic rings. The number of ether oxygens (including phenoxy) is 1. The van der Waals surface area contributed by atoms with Crippen LogP contribution in [-0.2, 0) is 9.53 Å². The van der Waals surface area contributed by atoms with Gasteiger partial charge < -0.3 is 4.74 Å². The Kier molecular flexibility index (Phi) is 4.26. The summed E-state index contributed by atoms with van der Waals surface area (Å²) in [6.07, 6.45) is 2.41. The van der Waals surface area contributed by atoms with Crippen LogP contribution in [-0.4, -0.2) is 19.1 Å². The van der Waals surface area contributed by atoms with Crippen molar-refractivity contribution in [2.24, 2.45) is 17.0 Å². The number of cyclic esters (lactones) is 1. The average Bonchev–Trinajstić information content (AvgIpc) is 2.58. The van der Waals surface area contributed by atoms with E-state index in [9.17, 15) is 4.79 Å². The molecule has 5 nitrogen and oxygen atoms in total. The van der Waals surface area contributed by atoms with E-state index in [1.807, 2.05) is 0 Å². The Balaban J connectivity index is 2.32. The Labute approximate surface area is 83.1 Å². The first-order valence-corrected chi connectivity index (χ1v) is 4.92. The van der Waals surface area contributed by atoms with Crippen LogP contribution >= 0.6 is 0 Å². The van der Waals surface area contributed by atoms with Gasteiger partial charge in [-0.25, -0.2) is 0 Å². The Morgan fingerprint density at radius 1 is 1.79 bits per heavy atom. The smallest absolute Gasteiger partial charge is 0.306 e. The van der Waals surface area contributed by atoms with E-state index in [0.29, 0.717) is 31.4 Å². The summed E-state index contributed by atoms with van der Waals surface area (Å²) in [4.78, 5) is 13.6. The minimum Gasteiger partial charge on any atom is -0.465 e. The molecule has 5 heteroatoms. The van der Waals surface area contributed by atoms with Gasteiger partial charge in [-0.1, -0.05) is 18.5 Å². The number of azide groups is 1. The van der Waals surface area contributed by atoms with Crippen molar-refractivity contribution >= 4 is 5.97 Å². The summed E-state index contributed by atoms with van der Waals surface area (Å²) in [5.41, 5.74) is 8.19. The molecule has 0 aromatic carbocycles. The molecule has 1 saturated heterocycles. The molecule has 0 aromatic rings. The molecule has 0 aromatic heterocycles. The van der Waals surface area contributed by atoms with Crippen molar-refractivity contribution in [1.82, 2.24) is 0 Å². The van der Waals surface area contributed by atoms with Crippen LogP contribution in [0, 0.1) is 11.8 Å². The number of hydrogen-bond acceptors (Lipinski definition) is 3. The Morgan fingerprint density at radius 3 is 3.07 bits per heavy atom. The van der Waals surface area contributed by atoms with Crippen LogP contribution in [0.2, 0.25) is 0 Å². The highest BCUT2D eigenvalue weighted by molar-refractivity contribution is 5.71. The molecule has 1 fully saturated rings. The number of carbonyl (C=O) groups is 1. The number of hydrogen-bond donors (Lipinski definition) is 0. The van der Waals surface area contributed by atoms with Gasteiger partial charge in [0, 0.05) is 17.4 Å². The SMILES string of the molecule is CC[C@@H](CN=[N+]=[N-])C[C@H]1COC(=O)C1. The summed E-state index contributed by atoms with van der Waals surface area (Å²) in [7, 11) is 0. The molecule has 1 rings (SSSR count). The van der Waals surface area contributed by atoms with E-state index >= 15 is 0 Å². The third-order valence-corrected chi connectivity index (χ3v) is 2.58. The van der Waals surface area contributed by atoms with E-state index in [0.717, 1.165) is 12.8 Å². The van der Waals surface area contributed by atoms with Crippen LogP contribution in [0.1, 0.15) is 26.2 Å². The Bertz CT molecular complexity index is 248. The molecule has 0 unspecified atom stereocenters. The molecule has 0 bridgehead atoms. The normalized spacial score (nSPS) is 22.6. The lowest BCUT2D eigenvalue weighted by Gasteiger charge is -2.14. The van der Waals surface area contributed by atoms with Crippen LogP contribution in [0.25, 0.3) is 10.4 Å². The third-order valence-electron chi connectivity index (χ3n) is 2.58. The van der Waals surface area contributed by atoms with Gasteiger partial charge in [-0.05, 0) is 17.9 Å². The van der Waals surface area contributed by atoms with Crippen LogP contribution in [0.15, 0.2) is 5.11 Å². The molecule has 0 saturated carbocycles. The van der Waals surface area contributed by atoms with Crippen LogP contribution in [0.5, 0.6) is 0 Å². The highest BCUT2D eigenvalue weighted by Gasteiger charge is 2.25. The van der Waals surface area contributed by atoms with E-state index in [1.165, 1.54) is 0 Å². The fourth-order valence-corrected chi connectivity index (χ4v) is 1.71. The summed E-state index contributed by atoms with van der Waals surface area (Å²) in [5, 5.41) is 3.56. The molecule has 1 heterocycles. The van der Waals surface area contributed by atoms with Crippen LogP contribution in [0.3, 0.4) is 0 Å². The molecule has 1 aliphatic heterocycles. The van der Waals surface area contributed by atoms with Gasteiger partial charge >= 0.3 is 5.97 Å². The molecule has 0 N–H and O–H groups in total. The van der Waals surface area contributed by atoms with Crippen molar-refractivity contribution in [2.45, 2.75) is 26.2 Å². The molecular weight excluding hydrogens is 182 g/mol. The number of nitrogens with zero attached hydrogens (tertiary/aromatic N) is 3. The minimum atomic E-state index is -0.103. The van der Waals surface area contributed by atoms with Gasteiger partial charge in [-0.3, -0.25) is 4.79 Å². The van der Waals surface area contributed by atoms with Crippen molar-refractivity contribution in [3.05, 3.63) is 10.4 Å². The topological polar surface area (TPSA) is 75.1 Å². The van der Waals surface area contributed by atoms with E-state index in [1.54, 1.807) is 0 Å². The lowest BCUT2D eigenvalue weighted by atomic mass is 9.92. The van der Waals surface area contributed by atoms with Gasteiger partial charge in [-0.2, -0.15) is 0 Å². The van der Waals surface area contributed by atoms with Gasteiger partial charge in [0.2, 0.25) is 0 Å². The van der Waals surface area contributed by atoms with E-state index in [2.05, 4.69) is 16.9 Å². The monoisotopic (exact) mass is 197 g/mol. The second kappa shape index (κ2) is 5.50. The summed E-state index contributed by atoms with van der Waals surface area (Å²) < 4.78 is 4.87. The van der Waals surface area contributed by atoms with Crippen LogP contribution < -0.4 is 0 Å². The van der Waals surface area contributed by atoms with Gasteiger partial charge in [0.25, 0.3) is 0 Å². The fraction of sp³-hybridized carbons (Fsp3) is 0.889. The number of rotatable bonds is 5. The van der Waals surface area contributed by atoms with Crippen molar-refractivity contribution < 1.29 is 9.53 Å². The van der Waals surface area contributed by atoms with Crippen LogP contribution in [0.4, 0.5) is 0 Å². The predicted molar refractivity (Wildman–Crippen MR) is 51.5 cm³/mol. The maximum Gasteiger partial charge on any atom is 0.306 e. The van der Waals surface area contributed by atoms with Gasteiger partial charge in [0.1, 0.15) is 0 Å². The van der Waals surface area contributed by atoms with E-state index < -0.39 is 0 Å². The van der Waals surface area contributed by atoms with E-state index in [-0.39, 0.29) is 5.97 Å². The first kappa shape index (κ1) is 10.9. The average molecular weight is 197 g/mol. The molecule has 0 aliphatic carbocycles. The van der Waals surface area contributed by atoms with Gasteiger partial charge in [0.05, 0.1) is 13.0 Å². The standard InChI is InChI=1S/C9H15N3O2/c1-2-7(5-11-12-10)3-8-4-9(13)14-6-8/h7-8H,2-6H2,1H3/t7-,8-/m1/s1. The quantitative estimate of drug-likeness (QED) is 0.293. The molecule has 2 atom stereocenters. The lowest BCUT2D eigenvalue weighted by Crippen LogP contribution is -2.11. The maximum absolute atomic E-state index is 10.8. The Morgan fingerprint density at radius 2 is 2.57 bits per heavy atom. The Hall–Kier alpha value is -1.22. The summed E-state index contributed by atoms with van der Waals surface area (Å²) >= 11 is 0. The first-order valence-electron chi connectivity index (χ1n) is 4.92. The molecule has 78 valence electrons. The molecule has 0 amide bonds. The fourth-order valence-electron chi connectivity index (χ4n) is 1.71. The second-order valence-electron chi connectivity index (χ2n) is 3.68. The molecule has 0 spiro atoms. The van der Waals surface area contributed by atoms with Crippen molar-refractivity contribution in [3.8, 4) is 0 Å². The largest absolute Gasteiger partial charge is 0.465 e. The predicted octanol–water partition coefficient (Wildman–Crippen LogP) is 2.28. The molecular formula is C9H15N3O2. The summed E-state index contributed by atoms with van der Waals surface area (Å²) in [5.74, 6) is 0.598. The zero-order valence-corrected chi connectivity index (χ0v) is 8.35. The second-order valence-corrected chi connectivity index (χ2v) is 3.68. The van der Waals surface area contributed by atoms with E-state index in [4.69, 9.17) is 10.3 Å². The van der Waals surface area contributed by atoms with Crippen molar-refractivity contribution in [1.29, 1.82) is 0 Å². The highest BCUT2D eigenvalue weighted by Crippen LogP contribution is 2.24. The van der Waals surface area contributed by atoms with Gasteiger partial charge in [-0.15, -0.1) is 0 Å². The highest BCUT2D eigenvalue weighted by atomic mass is 16.5.